The second-order valence-corrected chi connectivity index (χ2v) is 4.32. The number of para-hydroxylation sites is 1. The molecule has 0 spiro atoms. The molecule has 6 heteroatoms. The van der Waals surface area contributed by atoms with E-state index in [0.29, 0.717) is 10.7 Å². The standard InChI is InChI=1S/C13H13ClN4O/c1-9-12(8-15-16-10(2)19)13(14)18(17-9)11-6-4-3-5-7-11/h3-8H,1-2H3,(H,16,19)/b15-8-. The molecule has 0 saturated carbocycles. The van der Waals surface area contributed by atoms with Gasteiger partial charge in [0.1, 0.15) is 5.15 Å². The lowest BCUT2D eigenvalue weighted by atomic mass is 10.3. The fourth-order valence-corrected chi connectivity index (χ4v) is 1.91. The van der Waals surface area contributed by atoms with E-state index in [1.807, 2.05) is 37.3 Å². The van der Waals surface area contributed by atoms with Crippen LogP contribution < -0.4 is 5.43 Å². The van der Waals surface area contributed by atoms with Crippen molar-refractivity contribution in [2.75, 3.05) is 0 Å². The first-order valence-electron chi connectivity index (χ1n) is 5.70. The second kappa shape index (κ2) is 5.67. The smallest absolute Gasteiger partial charge is 0.236 e. The van der Waals surface area contributed by atoms with E-state index >= 15 is 0 Å². The molecule has 0 aliphatic heterocycles. The van der Waals surface area contributed by atoms with Crippen LogP contribution in [0.25, 0.3) is 5.69 Å². The quantitative estimate of drug-likeness (QED) is 0.691. The lowest BCUT2D eigenvalue weighted by Crippen LogP contribution is -2.12. The molecule has 5 nitrogen and oxygen atoms in total. The van der Waals surface area contributed by atoms with Crippen LogP contribution in [0, 0.1) is 6.92 Å². The maximum atomic E-state index is 10.8. The third-order valence-corrected chi connectivity index (χ3v) is 2.83. The van der Waals surface area contributed by atoms with Gasteiger partial charge in [-0.3, -0.25) is 4.79 Å². The Morgan fingerprint density at radius 2 is 2.11 bits per heavy atom. The number of aromatic nitrogens is 2. The molecular weight excluding hydrogens is 264 g/mol. The summed E-state index contributed by atoms with van der Waals surface area (Å²) in [7, 11) is 0. The zero-order chi connectivity index (χ0) is 13.8. The highest BCUT2D eigenvalue weighted by Crippen LogP contribution is 2.21. The maximum Gasteiger partial charge on any atom is 0.236 e. The van der Waals surface area contributed by atoms with Gasteiger partial charge in [0.15, 0.2) is 0 Å². The molecule has 0 unspecified atom stereocenters. The summed E-state index contributed by atoms with van der Waals surface area (Å²) in [6.45, 7) is 3.22. The van der Waals surface area contributed by atoms with Crippen LogP contribution >= 0.6 is 11.6 Å². The van der Waals surface area contributed by atoms with Crippen molar-refractivity contribution < 1.29 is 4.79 Å². The van der Waals surface area contributed by atoms with Gasteiger partial charge in [0, 0.05) is 6.92 Å². The van der Waals surface area contributed by atoms with E-state index in [1.165, 1.54) is 13.1 Å². The minimum atomic E-state index is -0.236. The molecule has 0 aliphatic rings. The van der Waals surface area contributed by atoms with E-state index < -0.39 is 0 Å². The van der Waals surface area contributed by atoms with Crippen LogP contribution in [0.15, 0.2) is 35.4 Å². The summed E-state index contributed by atoms with van der Waals surface area (Å²) in [5.74, 6) is -0.236. The van der Waals surface area contributed by atoms with Crippen LogP contribution in [-0.2, 0) is 4.79 Å². The molecule has 1 aromatic carbocycles. The lowest BCUT2D eigenvalue weighted by Gasteiger charge is -2.01. The van der Waals surface area contributed by atoms with E-state index in [0.717, 1.165) is 11.4 Å². The Morgan fingerprint density at radius 3 is 2.74 bits per heavy atom. The molecule has 98 valence electrons. The van der Waals surface area contributed by atoms with Crippen LogP contribution in [0.1, 0.15) is 18.2 Å². The second-order valence-electron chi connectivity index (χ2n) is 3.96. The average Bonchev–Trinajstić information content (AvgIpc) is 2.67. The summed E-state index contributed by atoms with van der Waals surface area (Å²) in [6, 6.07) is 9.56. The molecule has 0 fully saturated rings. The van der Waals surface area contributed by atoms with Crippen molar-refractivity contribution in [2.45, 2.75) is 13.8 Å². The van der Waals surface area contributed by atoms with Gasteiger partial charge >= 0.3 is 0 Å². The molecule has 0 saturated heterocycles. The van der Waals surface area contributed by atoms with Gasteiger partial charge in [0.25, 0.3) is 0 Å². The highest BCUT2D eigenvalue weighted by Gasteiger charge is 2.12. The van der Waals surface area contributed by atoms with Gasteiger partial charge in [-0.05, 0) is 19.1 Å². The Morgan fingerprint density at radius 1 is 1.42 bits per heavy atom. The number of hydrazone groups is 1. The van der Waals surface area contributed by atoms with Crippen LogP contribution in [0.3, 0.4) is 0 Å². The Labute approximate surface area is 115 Å². The first-order chi connectivity index (χ1) is 9.09. The van der Waals surface area contributed by atoms with Crippen molar-refractivity contribution in [3.05, 3.63) is 46.7 Å². The fourth-order valence-electron chi connectivity index (χ4n) is 1.59. The van der Waals surface area contributed by atoms with E-state index in [-0.39, 0.29) is 5.91 Å². The molecular formula is C13H13ClN4O. The molecule has 1 aromatic heterocycles. The van der Waals surface area contributed by atoms with Crippen molar-refractivity contribution in [3.63, 3.8) is 0 Å². The molecule has 1 N–H and O–H groups in total. The van der Waals surface area contributed by atoms with Crippen molar-refractivity contribution >= 4 is 23.7 Å². The molecule has 2 rings (SSSR count). The number of carbonyl (C=O) groups excluding carboxylic acids is 1. The minimum Gasteiger partial charge on any atom is -0.274 e. The Kier molecular flexibility index (Phi) is 3.97. The summed E-state index contributed by atoms with van der Waals surface area (Å²) in [5.41, 5.74) is 4.62. The average molecular weight is 277 g/mol. The fraction of sp³-hybridized carbons (Fsp3) is 0.154. The third kappa shape index (κ3) is 3.00. The highest BCUT2D eigenvalue weighted by molar-refractivity contribution is 6.32. The van der Waals surface area contributed by atoms with Crippen LogP contribution in [0.2, 0.25) is 5.15 Å². The number of aryl methyl sites for hydroxylation is 1. The molecule has 19 heavy (non-hydrogen) atoms. The van der Waals surface area contributed by atoms with Gasteiger partial charge < -0.3 is 0 Å². The summed E-state index contributed by atoms with van der Waals surface area (Å²) in [4.78, 5) is 10.8. The summed E-state index contributed by atoms with van der Waals surface area (Å²) in [5, 5.41) is 8.62. The number of nitrogens with one attached hydrogen (secondary N) is 1. The minimum absolute atomic E-state index is 0.236. The largest absolute Gasteiger partial charge is 0.274 e. The SMILES string of the molecule is CC(=O)N/N=C\c1c(C)nn(-c2ccccc2)c1Cl. The number of carbonyl (C=O) groups is 1. The zero-order valence-corrected chi connectivity index (χ0v) is 11.3. The molecule has 0 aliphatic carbocycles. The summed E-state index contributed by atoms with van der Waals surface area (Å²) in [6.07, 6.45) is 1.49. The highest BCUT2D eigenvalue weighted by atomic mass is 35.5. The normalized spacial score (nSPS) is 10.9. The molecule has 0 radical (unpaired) electrons. The number of halogens is 1. The van der Waals surface area contributed by atoms with Crippen LogP contribution in [0.5, 0.6) is 0 Å². The van der Waals surface area contributed by atoms with E-state index in [2.05, 4.69) is 15.6 Å². The Balaban J connectivity index is 2.35. The Hall–Kier alpha value is -2.14. The first kappa shape index (κ1) is 13.3. The topological polar surface area (TPSA) is 59.3 Å². The number of nitrogens with zero attached hydrogens (tertiary/aromatic N) is 3. The molecule has 0 bridgehead atoms. The molecule has 0 atom stereocenters. The number of benzene rings is 1. The van der Waals surface area contributed by atoms with Crippen molar-refractivity contribution in [3.8, 4) is 5.69 Å². The van der Waals surface area contributed by atoms with Gasteiger partial charge in [-0.2, -0.15) is 10.2 Å². The Bertz CT molecular complexity index is 619. The number of rotatable bonds is 3. The zero-order valence-electron chi connectivity index (χ0n) is 10.6. The summed E-state index contributed by atoms with van der Waals surface area (Å²) < 4.78 is 1.63. The van der Waals surface area contributed by atoms with Crippen molar-refractivity contribution in [1.29, 1.82) is 0 Å². The van der Waals surface area contributed by atoms with Gasteiger partial charge in [-0.25, -0.2) is 10.1 Å². The van der Waals surface area contributed by atoms with E-state index in [9.17, 15) is 4.79 Å². The molecule has 2 aromatic rings. The summed E-state index contributed by atoms with van der Waals surface area (Å²) >= 11 is 6.28. The predicted molar refractivity (Wildman–Crippen MR) is 74.7 cm³/mol. The van der Waals surface area contributed by atoms with Gasteiger partial charge in [-0.1, -0.05) is 29.8 Å². The van der Waals surface area contributed by atoms with Crippen LogP contribution in [-0.4, -0.2) is 21.9 Å². The molecule has 1 amide bonds. The molecule has 1 heterocycles. The number of hydrogen-bond donors (Lipinski definition) is 1. The van der Waals surface area contributed by atoms with Gasteiger partial charge in [0.2, 0.25) is 5.91 Å². The van der Waals surface area contributed by atoms with Crippen LogP contribution in [0.4, 0.5) is 0 Å². The van der Waals surface area contributed by atoms with Gasteiger partial charge in [0.05, 0.1) is 23.2 Å². The van der Waals surface area contributed by atoms with Crippen molar-refractivity contribution in [1.82, 2.24) is 15.2 Å². The van der Waals surface area contributed by atoms with E-state index in [4.69, 9.17) is 11.6 Å². The maximum absolute atomic E-state index is 10.8. The first-order valence-corrected chi connectivity index (χ1v) is 6.07. The van der Waals surface area contributed by atoms with Crippen molar-refractivity contribution in [2.24, 2.45) is 5.10 Å². The van der Waals surface area contributed by atoms with E-state index in [1.54, 1.807) is 4.68 Å². The van der Waals surface area contributed by atoms with Gasteiger partial charge in [-0.15, -0.1) is 0 Å². The lowest BCUT2D eigenvalue weighted by molar-refractivity contribution is -0.118. The third-order valence-electron chi connectivity index (χ3n) is 2.46. The predicted octanol–water partition coefficient (Wildman–Crippen LogP) is 2.30. The monoisotopic (exact) mass is 276 g/mol. The number of hydrogen-bond acceptors (Lipinski definition) is 3. The number of amides is 1.